The van der Waals surface area contributed by atoms with Gasteiger partial charge in [0.15, 0.2) is 11.5 Å². The zero-order valence-electron chi connectivity index (χ0n) is 12.8. The zero-order valence-corrected chi connectivity index (χ0v) is 12.8. The van der Waals surface area contributed by atoms with E-state index >= 15 is 0 Å². The Labute approximate surface area is 137 Å². The Morgan fingerprint density at radius 1 is 1.00 bits per heavy atom. The average molecular weight is 338 g/mol. The van der Waals surface area contributed by atoms with Crippen LogP contribution in [-0.4, -0.2) is 24.4 Å². The van der Waals surface area contributed by atoms with Crippen LogP contribution in [0.1, 0.15) is 24.3 Å². The molecule has 0 atom stereocenters. The number of aromatic nitrogens is 1. The highest BCUT2D eigenvalue weighted by atomic mass is 19.4. The number of piperidine rings is 1. The van der Waals surface area contributed by atoms with Crippen molar-refractivity contribution >= 4 is 0 Å². The molecule has 0 saturated carbocycles. The molecule has 3 rings (SSSR count). The molecule has 1 aliphatic heterocycles. The van der Waals surface area contributed by atoms with Crippen molar-refractivity contribution in [2.24, 2.45) is 0 Å². The Morgan fingerprint density at radius 3 is 2.42 bits per heavy atom. The quantitative estimate of drug-likeness (QED) is 0.906. The molecule has 0 aliphatic carbocycles. The minimum Gasteiger partial charge on any atom is -0.435 e. The van der Waals surface area contributed by atoms with E-state index in [9.17, 15) is 13.2 Å². The Bertz CT molecular complexity index is 686. The van der Waals surface area contributed by atoms with Crippen LogP contribution < -0.4 is 14.8 Å². The first kappa shape index (κ1) is 16.6. The van der Waals surface area contributed by atoms with E-state index in [1.165, 1.54) is 18.2 Å². The Balaban J connectivity index is 1.87. The van der Waals surface area contributed by atoms with Crippen molar-refractivity contribution in [2.45, 2.75) is 25.1 Å². The molecule has 7 heteroatoms. The fourth-order valence-corrected chi connectivity index (χ4v) is 2.78. The molecular weight excluding hydrogens is 321 g/mol. The van der Waals surface area contributed by atoms with E-state index in [0.717, 1.165) is 31.5 Å². The lowest BCUT2D eigenvalue weighted by molar-refractivity contribution is -0.275. The molecule has 128 valence electrons. The Morgan fingerprint density at radius 2 is 1.71 bits per heavy atom. The number of rotatable bonds is 4. The van der Waals surface area contributed by atoms with Gasteiger partial charge in [0.1, 0.15) is 0 Å². The maximum Gasteiger partial charge on any atom is 0.573 e. The Hall–Kier alpha value is -2.28. The molecule has 0 unspecified atom stereocenters. The number of nitrogens with zero attached hydrogens (tertiary/aromatic N) is 1. The van der Waals surface area contributed by atoms with Crippen LogP contribution in [0, 0.1) is 0 Å². The van der Waals surface area contributed by atoms with Crippen molar-refractivity contribution in [1.29, 1.82) is 0 Å². The fraction of sp³-hybridized carbons (Fsp3) is 0.353. The standard InChI is InChI=1S/C17H17F3N2O2/c18-17(19,20)24-15-6-2-1-5-14(15)23-16-13(4-3-9-22-16)12-7-10-21-11-8-12/h1-6,9,12,21H,7-8,10-11H2. The third-order valence-electron chi connectivity index (χ3n) is 3.86. The van der Waals surface area contributed by atoms with E-state index in [2.05, 4.69) is 15.0 Å². The van der Waals surface area contributed by atoms with Crippen LogP contribution in [0.2, 0.25) is 0 Å². The largest absolute Gasteiger partial charge is 0.573 e. The number of para-hydroxylation sites is 2. The zero-order chi connectivity index (χ0) is 17.0. The SMILES string of the molecule is FC(F)(F)Oc1ccccc1Oc1ncccc1C1CCNCC1. The smallest absolute Gasteiger partial charge is 0.435 e. The van der Waals surface area contributed by atoms with Crippen LogP contribution in [0.15, 0.2) is 42.6 Å². The van der Waals surface area contributed by atoms with E-state index < -0.39 is 6.36 Å². The number of nitrogens with one attached hydrogen (secondary N) is 1. The van der Waals surface area contributed by atoms with Gasteiger partial charge in [0, 0.05) is 11.8 Å². The van der Waals surface area contributed by atoms with Gasteiger partial charge in [0.2, 0.25) is 5.88 Å². The number of pyridine rings is 1. The molecule has 0 spiro atoms. The third kappa shape index (κ3) is 4.17. The third-order valence-corrected chi connectivity index (χ3v) is 3.86. The molecule has 1 N–H and O–H groups in total. The summed E-state index contributed by atoms with van der Waals surface area (Å²) in [5, 5.41) is 3.28. The lowest BCUT2D eigenvalue weighted by Gasteiger charge is -2.24. The average Bonchev–Trinajstić information content (AvgIpc) is 2.57. The van der Waals surface area contributed by atoms with E-state index in [-0.39, 0.29) is 17.4 Å². The number of alkyl halides is 3. The highest BCUT2D eigenvalue weighted by molar-refractivity contribution is 5.43. The molecule has 1 aromatic heterocycles. The number of hydrogen-bond acceptors (Lipinski definition) is 4. The molecule has 1 aromatic carbocycles. The van der Waals surface area contributed by atoms with Crippen LogP contribution in [0.4, 0.5) is 13.2 Å². The van der Waals surface area contributed by atoms with Gasteiger partial charge in [-0.25, -0.2) is 4.98 Å². The molecule has 4 nitrogen and oxygen atoms in total. The van der Waals surface area contributed by atoms with Gasteiger partial charge in [-0.15, -0.1) is 13.2 Å². The summed E-state index contributed by atoms with van der Waals surface area (Å²) in [5.41, 5.74) is 0.904. The summed E-state index contributed by atoms with van der Waals surface area (Å²) in [6, 6.07) is 9.41. The lowest BCUT2D eigenvalue weighted by Crippen LogP contribution is -2.26. The molecule has 0 bridgehead atoms. The van der Waals surface area contributed by atoms with Crippen LogP contribution >= 0.6 is 0 Å². The van der Waals surface area contributed by atoms with Gasteiger partial charge in [-0.2, -0.15) is 0 Å². The molecular formula is C17H17F3N2O2. The number of hydrogen-bond donors (Lipinski definition) is 1. The van der Waals surface area contributed by atoms with Crippen molar-refractivity contribution in [2.75, 3.05) is 13.1 Å². The molecule has 24 heavy (non-hydrogen) atoms. The number of halogens is 3. The highest BCUT2D eigenvalue weighted by Gasteiger charge is 2.32. The first-order chi connectivity index (χ1) is 11.5. The van der Waals surface area contributed by atoms with Gasteiger partial charge < -0.3 is 14.8 Å². The predicted octanol–water partition coefficient (Wildman–Crippen LogP) is 4.24. The summed E-state index contributed by atoms with van der Waals surface area (Å²) in [6.45, 7) is 1.79. The first-order valence-corrected chi connectivity index (χ1v) is 7.71. The van der Waals surface area contributed by atoms with Crippen molar-refractivity contribution in [3.8, 4) is 17.4 Å². The summed E-state index contributed by atoms with van der Waals surface area (Å²) >= 11 is 0. The Kier molecular flexibility index (Phi) is 4.89. The van der Waals surface area contributed by atoms with Gasteiger partial charge in [0.25, 0.3) is 0 Å². The minimum absolute atomic E-state index is 0.0105. The second-order valence-electron chi connectivity index (χ2n) is 5.52. The monoisotopic (exact) mass is 338 g/mol. The van der Waals surface area contributed by atoms with Gasteiger partial charge in [-0.05, 0) is 50.0 Å². The lowest BCUT2D eigenvalue weighted by atomic mass is 9.91. The van der Waals surface area contributed by atoms with Crippen LogP contribution in [0.25, 0.3) is 0 Å². The van der Waals surface area contributed by atoms with Gasteiger partial charge in [-0.1, -0.05) is 18.2 Å². The molecule has 0 amide bonds. The number of ether oxygens (including phenoxy) is 2. The van der Waals surface area contributed by atoms with Crippen molar-refractivity contribution in [3.63, 3.8) is 0 Å². The molecule has 1 aliphatic rings. The van der Waals surface area contributed by atoms with E-state index in [4.69, 9.17) is 4.74 Å². The normalized spacial score (nSPS) is 16.0. The van der Waals surface area contributed by atoms with Gasteiger partial charge in [0.05, 0.1) is 0 Å². The fourth-order valence-electron chi connectivity index (χ4n) is 2.78. The van der Waals surface area contributed by atoms with Crippen LogP contribution in [-0.2, 0) is 0 Å². The number of benzene rings is 1. The second-order valence-corrected chi connectivity index (χ2v) is 5.52. The summed E-state index contributed by atoms with van der Waals surface area (Å²) in [7, 11) is 0. The molecule has 2 heterocycles. The molecule has 2 aromatic rings. The summed E-state index contributed by atoms with van der Waals surface area (Å²) in [6.07, 6.45) is -1.35. The highest BCUT2D eigenvalue weighted by Crippen LogP contribution is 2.38. The molecule has 0 radical (unpaired) electrons. The second kappa shape index (κ2) is 7.09. The van der Waals surface area contributed by atoms with E-state index in [1.807, 2.05) is 12.1 Å². The first-order valence-electron chi connectivity index (χ1n) is 7.71. The van der Waals surface area contributed by atoms with Gasteiger partial charge >= 0.3 is 6.36 Å². The van der Waals surface area contributed by atoms with Crippen molar-refractivity contribution in [3.05, 3.63) is 48.2 Å². The van der Waals surface area contributed by atoms with Crippen molar-refractivity contribution in [1.82, 2.24) is 10.3 Å². The predicted molar refractivity (Wildman–Crippen MR) is 82.3 cm³/mol. The minimum atomic E-state index is -4.78. The van der Waals surface area contributed by atoms with E-state index in [1.54, 1.807) is 12.3 Å². The summed E-state index contributed by atoms with van der Waals surface area (Å²) < 4.78 is 47.3. The molecule has 1 fully saturated rings. The van der Waals surface area contributed by atoms with Crippen LogP contribution in [0.5, 0.6) is 17.4 Å². The van der Waals surface area contributed by atoms with E-state index in [0.29, 0.717) is 5.88 Å². The maximum absolute atomic E-state index is 12.5. The van der Waals surface area contributed by atoms with Gasteiger partial charge in [-0.3, -0.25) is 0 Å². The summed E-state index contributed by atoms with van der Waals surface area (Å²) in [5.74, 6) is 0.198. The van der Waals surface area contributed by atoms with Crippen molar-refractivity contribution < 1.29 is 22.6 Å². The molecule has 1 saturated heterocycles. The van der Waals surface area contributed by atoms with Crippen LogP contribution in [0.3, 0.4) is 0 Å². The maximum atomic E-state index is 12.5. The topological polar surface area (TPSA) is 43.4 Å². The summed E-state index contributed by atoms with van der Waals surface area (Å²) in [4.78, 5) is 4.21.